The van der Waals surface area contributed by atoms with Crippen molar-refractivity contribution in [3.8, 4) is 5.69 Å². The Kier molecular flexibility index (Phi) is 5.03. The molecule has 5 nitrogen and oxygen atoms in total. The molecule has 2 heterocycles. The molecule has 1 amide bonds. The van der Waals surface area contributed by atoms with E-state index in [-0.39, 0.29) is 11.7 Å². The Balaban J connectivity index is 1.73. The first-order valence-electron chi connectivity index (χ1n) is 9.08. The topological polar surface area (TPSA) is 59.8 Å². The van der Waals surface area contributed by atoms with Crippen LogP contribution >= 0.6 is 11.6 Å². The van der Waals surface area contributed by atoms with Crippen LogP contribution in [-0.2, 0) is 6.54 Å². The summed E-state index contributed by atoms with van der Waals surface area (Å²) in [6.07, 6.45) is 0. The van der Waals surface area contributed by atoms with Crippen molar-refractivity contribution in [2.75, 3.05) is 0 Å². The Labute approximate surface area is 172 Å². The van der Waals surface area contributed by atoms with Crippen molar-refractivity contribution in [1.29, 1.82) is 0 Å². The molecule has 146 valence electrons. The van der Waals surface area contributed by atoms with E-state index in [1.54, 1.807) is 35.0 Å². The number of carbonyl (C=O) groups is 1. The average Bonchev–Trinajstić information content (AvgIpc) is 3.03. The minimum absolute atomic E-state index is 0.225. The van der Waals surface area contributed by atoms with Crippen LogP contribution in [0.2, 0.25) is 5.02 Å². The van der Waals surface area contributed by atoms with Gasteiger partial charge in [-0.1, -0.05) is 29.8 Å². The molecule has 0 saturated carbocycles. The summed E-state index contributed by atoms with van der Waals surface area (Å²) in [6.45, 7) is 3.99. The predicted octanol–water partition coefficient (Wildman–Crippen LogP) is 4.76. The zero-order valence-corrected chi connectivity index (χ0v) is 16.7. The second-order valence-electron chi connectivity index (χ2n) is 6.80. The number of hydrogen-bond donors (Lipinski definition) is 1. The van der Waals surface area contributed by atoms with Crippen molar-refractivity contribution >= 4 is 28.5 Å². The molecule has 0 unspecified atom stereocenters. The van der Waals surface area contributed by atoms with Crippen molar-refractivity contribution in [1.82, 2.24) is 20.1 Å². The lowest BCUT2D eigenvalue weighted by Crippen LogP contribution is -2.23. The number of fused-ring (bicyclic) bond motifs is 1. The molecule has 7 heteroatoms. The zero-order chi connectivity index (χ0) is 20.5. The maximum Gasteiger partial charge on any atom is 0.252 e. The monoisotopic (exact) mass is 408 g/mol. The van der Waals surface area contributed by atoms with Gasteiger partial charge in [-0.05, 0) is 55.8 Å². The maximum absolute atomic E-state index is 13.7. The Morgan fingerprint density at radius 2 is 1.90 bits per heavy atom. The van der Waals surface area contributed by atoms with Crippen LogP contribution in [0, 0.1) is 19.7 Å². The molecule has 0 bridgehead atoms. The van der Waals surface area contributed by atoms with Crippen LogP contribution in [0.5, 0.6) is 0 Å². The number of rotatable bonds is 4. The molecule has 0 saturated heterocycles. The number of carbonyl (C=O) groups excluding carboxylic acids is 1. The first kappa shape index (κ1) is 19.1. The normalized spacial score (nSPS) is 11.0. The molecular formula is C22H18ClFN4O. The van der Waals surface area contributed by atoms with E-state index in [2.05, 4.69) is 15.4 Å². The van der Waals surface area contributed by atoms with Crippen molar-refractivity contribution in [3.05, 3.63) is 88.0 Å². The van der Waals surface area contributed by atoms with Gasteiger partial charge in [-0.25, -0.2) is 14.1 Å². The van der Waals surface area contributed by atoms with Crippen molar-refractivity contribution in [3.63, 3.8) is 0 Å². The summed E-state index contributed by atoms with van der Waals surface area (Å²) in [5, 5.41) is 8.73. The molecule has 0 aliphatic heterocycles. The van der Waals surface area contributed by atoms with Gasteiger partial charge in [0.1, 0.15) is 5.82 Å². The Bertz CT molecular complexity index is 1220. The second kappa shape index (κ2) is 7.64. The highest BCUT2D eigenvalue weighted by atomic mass is 35.5. The van der Waals surface area contributed by atoms with Gasteiger partial charge in [0.2, 0.25) is 0 Å². The zero-order valence-electron chi connectivity index (χ0n) is 15.9. The number of aryl methyl sites for hydroxylation is 2. The number of nitrogens with one attached hydrogen (secondary N) is 1. The molecule has 0 radical (unpaired) electrons. The highest BCUT2D eigenvalue weighted by Gasteiger charge is 2.19. The first-order valence-corrected chi connectivity index (χ1v) is 9.46. The van der Waals surface area contributed by atoms with E-state index in [0.717, 1.165) is 5.56 Å². The first-order chi connectivity index (χ1) is 13.9. The van der Waals surface area contributed by atoms with Crippen molar-refractivity contribution in [2.24, 2.45) is 0 Å². The molecular weight excluding hydrogens is 391 g/mol. The van der Waals surface area contributed by atoms with E-state index in [4.69, 9.17) is 11.6 Å². The molecule has 0 aliphatic rings. The number of aromatic nitrogens is 3. The van der Waals surface area contributed by atoms with Gasteiger partial charge in [-0.2, -0.15) is 5.10 Å². The van der Waals surface area contributed by atoms with Gasteiger partial charge in [0.05, 0.1) is 22.3 Å². The molecule has 0 spiro atoms. The molecule has 1 N–H and O–H groups in total. The van der Waals surface area contributed by atoms with Crippen LogP contribution in [0.25, 0.3) is 16.7 Å². The molecule has 0 aliphatic carbocycles. The highest BCUT2D eigenvalue weighted by molar-refractivity contribution is 6.30. The van der Waals surface area contributed by atoms with Crippen LogP contribution in [0.4, 0.5) is 4.39 Å². The van der Waals surface area contributed by atoms with E-state index in [1.807, 2.05) is 26.0 Å². The van der Waals surface area contributed by atoms with Crippen LogP contribution < -0.4 is 5.32 Å². The summed E-state index contributed by atoms with van der Waals surface area (Å²) in [7, 11) is 0. The molecule has 4 aromatic rings. The lowest BCUT2D eigenvalue weighted by atomic mass is 10.1. The average molecular weight is 409 g/mol. The lowest BCUT2D eigenvalue weighted by molar-refractivity contribution is 0.0952. The van der Waals surface area contributed by atoms with E-state index in [1.165, 1.54) is 12.1 Å². The van der Waals surface area contributed by atoms with E-state index in [9.17, 15) is 9.18 Å². The Hall–Kier alpha value is -3.25. The van der Waals surface area contributed by atoms with Gasteiger partial charge >= 0.3 is 0 Å². The minimum Gasteiger partial charge on any atom is -0.348 e. The van der Waals surface area contributed by atoms with Gasteiger partial charge in [0.15, 0.2) is 5.65 Å². The molecule has 4 rings (SSSR count). The number of benzene rings is 2. The highest BCUT2D eigenvalue weighted by Crippen LogP contribution is 2.25. The van der Waals surface area contributed by atoms with Gasteiger partial charge in [0.25, 0.3) is 5.91 Å². The van der Waals surface area contributed by atoms with Crippen LogP contribution in [-0.4, -0.2) is 20.7 Å². The van der Waals surface area contributed by atoms with Crippen molar-refractivity contribution < 1.29 is 9.18 Å². The Morgan fingerprint density at radius 3 is 2.62 bits per heavy atom. The van der Waals surface area contributed by atoms with Gasteiger partial charge in [-0.3, -0.25) is 4.79 Å². The van der Waals surface area contributed by atoms with Gasteiger partial charge in [-0.15, -0.1) is 0 Å². The molecule has 2 aromatic carbocycles. The fourth-order valence-electron chi connectivity index (χ4n) is 3.26. The smallest absolute Gasteiger partial charge is 0.252 e. The van der Waals surface area contributed by atoms with Crippen LogP contribution in [0.3, 0.4) is 0 Å². The summed E-state index contributed by atoms with van der Waals surface area (Å²) in [4.78, 5) is 17.5. The molecule has 0 fully saturated rings. The summed E-state index contributed by atoms with van der Waals surface area (Å²) in [5.74, 6) is -0.588. The number of hydrogen-bond acceptors (Lipinski definition) is 3. The lowest BCUT2D eigenvalue weighted by Gasteiger charge is -2.09. The summed E-state index contributed by atoms with van der Waals surface area (Å²) in [5.41, 5.74) is 3.82. The second-order valence-corrected chi connectivity index (χ2v) is 7.23. The van der Waals surface area contributed by atoms with Crippen molar-refractivity contribution in [2.45, 2.75) is 20.4 Å². The molecule has 0 atom stereocenters. The molecule has 2 aromatic heterocycles. The summed E-state index contributed by atoms with van der Waals surface area (Å²) < 4.78 is 15.3. The molecule has 29 heavy (non-hydrogen) atoms. The third-order valence-corrected chi connectivity index (χ3v) is 4.86. The SMILES string of the molecule is Cc1cc(C(=O)NCc2ccc(Cl)cc2)c2c(C)nn(-c3cccc(F)c3)c2n1. The minimum atomic E-state index is -0.364. The van der Waals surface area contributed by atoms with Crippen LogP contribution in [0.1, 0.15) is 27.3 Å². The van der Waals surface area contributed by atoms with E-state index >= 15 is 0 Å². The number of halogens is 2. The Morgan fingerprint density at radius 1 is 1.14 bits per heavy atom. The van der Waals surface area contributed by atoms with Gasteiger partial charge in [0, 0.05) is 17.3 Å². The third kappa shape index (κ3) is 3.84. The predicted molar refractivity (Wildman–Crippen MR) is 111 cm³/mol. The van der Waals surface area contributed by atoms with E-state index in [0.29, 0.717) is 45.2 Å². The number of pyridine rings is 1. The number of amides is 1. The third-order valence-electron chi connectivity index (χ3n) is 4.60. The van der Waals surface area contributed by atoms with E-state index < -0.39 is 0 Å². The largest absolute Gasteiger partial charge is 0.348 e. The quantitative estimate of drug-likeness (QED) is 0.529. The maximum atomic E-state index is 13.7. The summed E-state index contributed by atoms with van der Waals surface area (Å²) in [6, 6.07) is 15.2. The van der Waals surface area contributed by atoms with Gasteiger partial charge < -0.3 is 5.32 Å². The number of nitrogens with zero attached hydrogens (tertiary/aromatic N) is 3. The fourth-order valence-corrected chi connectivity index (χ4v) is 3.39. The standard InChI is InChI=1S/C22H18ClFN4O/c1-13-10-19(22(29)25-12-15-6-8-16(23)9-7-15)20-14(2)27-28(21(20)26-13)18-5-3-4-17(24)11-18/h3-11H,12H2,1-2H3,(H,25,29). The summed E-state index contributed by atoms with van der Waals surface area (Å²) >= 11 is 5.91. The van der Waals surface area contributed by atoms with Crippen LogP contribution in [0.15, 0.2) is 54.6 Å². The fraction of sp³-hybridized carbons (Fsp3) is 0.136.